The van der Waals surface area contributed by atoms with Gasteiger partial charge in [0.15, 0.2) is 0 Å². The van der Waals surface area contributed by atoms with E-state index in [4.69, 9.17) is 0 Å². The second-order valence-electron chi connectivity index (χ2n) is 0. The van der Waals surface area contributed by atoms with Crippen LogP contribution in [0, 0.1) is 40.4 Å². The summed E-state index contributed by atoms with van der Waals surface area (Å²) in [5.74, 6) is 0. The van der Waals surface area contributed by atoms with Crippen molar-refractivity contribution in [2.24, 2.45) is 0 Å². The average molecular weight is 282 g/mol. The van der Waals surface area contributed by atoms with Gasteiger partial charge >= 0.3 is 0 Å². The van der Waals surface area contributed by atoms with Gasteiger partial charge in [-0.1, -0.05) is 0 Å². The molecule has 4 heteroatoms. The molecule has 0 aromatic heterocycles. The van der Waals surface area contributed by atoms with Crippen molar-refractivity contribution in [3.05, 3.63) is 0 Å². The Hall–Kier alpha value is 2.40. The fraction of sp³-hybridized carbons (Fsp3) is 0. The third-order valence-electron chi connectivity index (χ3n) is 0. The molecular weight excluding hydrogens is 279 g/mol. The van der Waals surface area contributed by atoms with Crippen LogP contribution >= 0.6 is 0 Å². The van der Waals surface area contributed by atoms with Crippen LogP contribution in [-0.2, 0) is 33.3 Å². The van der Waals surface area contributed by atoms with Gasteiger partial charge < -0.3 is 0 Å². The maximum atomic E-state index is 0. The average Bonchev–Trinajstić information content (AvgIpc) is 0. The first kappa shape index (κ1) is 32.4. The van der Waals surface area contributed by atoms with E-state index in [0.29, 0.717) is 0 Å². The van der Waals surface area contributed by atoms with Crippen molar-refractivity contribution in [3.8, 4) is 0 Å². The molecule has 0 aliphatic carbocycles. The molecule has 0 saturated heterocycles. The summed E-state index contributed by atoms with van der Waals surface area (Å²) < 4.78 is 0. The van der Waals surface area contributed by atoms with Crippen LogP contribution in [-0.4, -0.2) is 8.41 Å². The summed E-state index contributed by atoms with van der Waals surface area (Å²) in [6, 6.07) is 0. The predicted molar refractivity (Wildman–Crippen MR) is 9.94 cm³/mol. The van der Waals surface area contributed by atoms with Gasteiger partial charge in [0.1, 0.15) is 0 Å². The van der Waals surface area contributed by atoms with Gasteiger partial charge in [0.2, 0.25) is 0 Å². The monoisotopic (exact) mass is 283 g/mol. The molecule has 0 heterocycles. The van der Waals surface area contributed by atoms with E-state index in [1.807, 2.05) is 0 Å². The van der Waals surface area contributed by atoms with Crippen molar-refractivity contribution in [3.63, 3.8) is 0 Å². The zero-order valence-corrected chi connectivity index (χ0v) is 5.71. The molecule has 0 nitrogen and oxygen atoms in total. The van der Waals surface area contributed by atoms with Crippen LogP contribution in [0.25, 0.3) is 0 Å². The molecule has 0 amide bonds. The molecule has 0 spiro atoms. The van der Waals surface area contributed by atoms with E-state index in [0.717, 1.165) is 0 Å². The van der Waals surface area contributed by atoms with Crippen molar-refractivity contribution in [1.82, 2.24) is 0 Å². The number of rotatable bonds is 0. The quantitative estimate of drug-likeness (QED) is 0.490. The smallest absolute Gasteiger partial charge is 0 e. The van der Waals surface area contributed by atoms with Crippen LogP contribution in [0.5, 0.6) is 0 Å². The summed E-state index contributed by atoms with van der Waals surface area (Å²) in [6.45, 7) is 0. The second kappa shape index (κ2) is 18.1. The predicted octanol–water partition coefficient (Wildman–Crippen LogP) is -1.19. The molecule has 0 aromatic carbocycles. The Morgan fingerprint density at radius 2 is 1.00 bits per heavy atom. The molecule has 0 saturated carbocycles. The Labute approximate surface area is 80.7 Å². The van der Waals surface area contributed by atoms with E-state index < -0.39 is 0 Å². The molecule has 0 fully saturated rings. The summed E-state index contributed by atoms with van der Waals surface area (Å²) >= 11 is 0. The minimum atomic E-state index is 0. The summed E-state index contributed by atoms with van der Waals surface area (Å²) in [7, 11) is 0. The maximum Gasteiger partial charge on any atom is 0.0814 e. The second-order valence-corrected chi connectivity index (χ2v) is 0. The molecule has 4 heavy (non-hydrogen) atoms. The zero-order valence-electron chi connectivity index (χ0n) is 1.06. The number of hydrogen-bond donors (Lipinski definition) is 0. The van der Waals surface area contributed by atoms with Crippen LogP contribution < -0.4 is 0 Å². The van der Waals surface area contributed by atoms with Gasteiger partial charge in [0.05, 0.1) is 8.41 Å². The summed E-state index contributed by atoms with van der Waals surface area (Å²) in [5, 5.41) is 0. The first-order chi connectivity index (χ1) is 0. The van der Waals surface area contributed by atoms with Gasteiger partial charge in [0.25, 0.3) is 0 Å². The van der Waals surface area contributed by atoms with Crippen molar-refractivity contribution in [2.45, 2.75) is 0 Å². The van der Waals surface area contributed by atoms with Crippen molar-refractivity contribution in [1.29, 1.82) is 0 Å². The molecule has 31 valence electrons. The molecule has 0 unspecified atom stereocenters. The van der Waals surface area contributed by atoms with Crippen molar-refractivity contribution in [2.75, 3.05) is 0 Å². The van der Waals surface area contributed by atoms with E-state index in [-0.39, 0.29) is 82.1 Å². The SMILES string of the molecule is B.[Co].[Ni].[Sm]. The molecular formula is H3BCoNiSm. The largest absolute Gasteiger partial charge is 0.0814 e. The Kier molecular flexibility index (Phi) is 147. The van der Waals surface area contributed by atoms with E-state index >= 15 is 0 Å². The molecule has 1 radical (unpaired) electrons. The third kappa shape index (κ3) is 8.83. The molecule has 0 bridgehead atoms. The molecule has 0 rings (SSSR count). The zero-order chi connectivity index (χ0) is 0. The van der Waals surface area contributed by atoms with Crippen LogP contribution in [0.15, 0.2) is 0 Å². The van der Waals surface area contributed by atoms with Crippen molar-refractivity contribution < 1.29 is 73.7 Å². The Balaban J connectivity index is 0. The van der Waals surface area contributed by atoms with Gasteiger partial charge in [-0.15, -0.1) is 0 Å². The Bertz CT molecular complexity index is 8.00. The normalized spacial score (nSPS) is 0. The van der Waals surface area contributed by atoms with E-state index in [1.54, 1.807) is 0 Å². The van der Waals surface area contributed by atoms with Crippen LogP contribution in [0.4, 0.5) is 0 Å². The number of hydrogen-bond acceptors (Lipinski definition) is 0. The van der Waals surface area contributed by atoms with Crippen LogP contribution in [0.2, 0.25) is 0 Å². The minimum absolute atomic E-state index is 0. The maximum absolute atomic E-state index is 0. The molecule has 0 aliphatic rings. The van der Waals surface area contributed by atoms with Gasteiger partial charge in [-0.05, 0) is 0 Å². The Morgan fingerprint density at radius 3 is 1.00 bits per heavy atom. The summed E-state index contributed by atoms with van der Waals surface area (Å²) in [4.78, 5) is 0. The minimum Gasteiger partial charge on any atom is 0 e. The van der Waals surface area contributed by atoms with Crippen molar-refractivity contribution >= 4 is 8.41 Å². The summed E-state index contributed by atoms with van der Waals surface area (Å²) in [6.07, 6.45) is 0. The molecule has 0 N–H and O–H groups in total. The summed E-state index contributed by atoms with van der Waals surface area (Å²) in [5.41, 5.74) is 0. The van der Waals surface area contributed by atoms with Gasteiger partial charge in [0, 0.05) is 73.7 Å². The van der Waals surface area contributed by atoms with Gasteiger partial charge in [-0.2, -0.15) is 0 Å². The van der Waals surface area contributed by atoms with E-state index in [2.05, 4.69) is 0 Å². The van der Waals surface area contributed by atoms with Gasteiger partial charge in [-0.3, -0.25) is 0 Å². The van der Waals surface area contributed by atoms with Crippen LogP contribution in [0.1, 0.15) is 0 Å². The standard InChI is InChI=1S/BH3.Co.Ni.Sm/h1H3;;;. The van der Waals surface area contributed by atoms with Gasteiger partial charge in [-0.25, -0.2) is 0 Å². The van der Waals surface area contributed by atoms with E-state index in [9.17, 15) is 0 Å². The fourth-order valence-electron chi connectivity index (χ4n) is 0. The first-order valence-electron chi connectivity index (χ1n) is 0. The topological polar surface area (TPSA) is 0 Å². The molecule has 0 atom stereocenters. The molecule has 0 aliphatic heterocycles. The Morgan fingerprint density at radius 1 is 1.00 bits per heavy atom. The van der Waals surface area contributed by atoms with E-state index in [1.165, 1.54) is 0 Å². The van der Waals surface area contributed by atoms with Crippen LogP contribution in [0.3, 0.4) is 0 Å². The first-order valence-corrected chi connectivity index (χ1v) is 0. The third-order valence-corrected chi connectivity index (χ3v) is 0. The fourth-order valence-corrected chi connectivity index (χ4v) is 0. The molecule has 0 aromatic rings.